The molecule has 0 heterocycles. The fourth-order valence-corrected chi connectivity index (χ4v) is 2.11. The second-order valence-electron chi connectivity index (χ2n) is 4.36. The van der Waals surface area contributed by atoms with Gasteiger partial charge in [0.2, 0.25) is 0 Å². The first-order valence-electron chi connectivity index (χ1n) is 6.23. The minimum absolute atomic E-state index is 0.0952. The maximum atomic E-state index is 14.1. The predicted molar refractivity (Wildman–Crippen MR) is 75.1 cm³/mol. The zero-order valence-corrected chi connectivity index (χ0v) is 11.9. The fraction of sp³-hybridized carbons (Fsp3) is 0.125. The molecular weight excluding hydrogens is 294 g/mol. The predicted octanol–water partition coefficient (Wildman–Crippen LogP) is 3.24. The van der Waals surface area contributed by atoms with Gasteiger partial charge in [-0.2, -0.15) is 0 Å². The summed E-state index contributed by atoms with van der Waals surface area (Å²) in [6.45, 7) is 0. The van der Waals surface area contributed by atoms with Gasteiger partial charge in [0.25, 0.3) is 0 Å². The molecule has 2 rings (SSSR count). The van der Waals surface area contributed by atoms with Crippen molar-refractivity contribution in [2.45, 2.75) is 0 Å². The molecule has 0 aromatic heterocycles. The van der Waals surface area contributed by atoms with Crippen LogP contribution in [0.2, 0.25) is 0 Å². The van der Waals surface area contributed by atoms with Gasteiger partial charge in [0.15, 0.2) is 17.9 Å². The van der Waals surface area contributed by atoms with Crippen LogP contribution in [0.15, 0.2) is 30.3 Å². The number of carbonyl (C=O) groups excluding carboxylic acids is 2. The van der Waals surface area contributed by atoms with Gasteiger partial charge in [0.05, 0.1) is 25.3 Å². The van der Waals surface area contributed by atoms with E-state index in [4.69, 9.17) is 4.74 Å². The van der Waals surface area contributed by atoms with Gasteiger partial charge in [-0.1, -0.05) is 12.1 Å². The first kappa shape index (κ1) is 15.6. The smallest absolute Gasteiger partial charge is 0.337 e. The summed E-state index contributed by atoms with van der Waals surface area (Å²) in [5.41, 5.74) is 0.00782. The normalized spacial score (nSPS) is 10.2. The van der Waals surface area contributed by atoms with Crippen molar-refractivity contribution in [2.75, 3.05) is 14.2 Å². The van der Waals surface area contributed by atoms with Crippen molar-refractivity contribution < 1.29 is 27.8 Å². The summed E-state index contributed by atoms with van der Waals surface area (Å²) < 4.78 is 37.5. The van der Waals surface area contributed by atoms with Gasteiger partial charge in [0.1, 0.15) is 5.75 Å². The highest BCUT2D eigenvalue weighted by Gasteiger charge is 2.20. The Kier molecular flexibility index (Phi) is 4.50. The summed E-state index contributed by atoms with van der Waals surface area (Å²) in [7, 11) is 2.45. The van der Waals surface area contributed by atoms with E-state index in [1.54, 1.807) is 0 Å². The summed E-state index contributed by atoms with van der Waals surface area (Å²) in [6, 6.07) is 6.35. The number of rotatable bonds is 4. The van der Waals surface area contributed by atoms with Crippen LogP contribution in [0.4, 0.5) is 8.78 Å². The molecule has 4 nitrogen and oxygen atoms in total. The topological polar surface area (TPSA) is 52.6 Å². The van der Waals surface area contributed by atoms with E-state index >= 15 is 0 Å². The molecule has 0 atom stereocenters. The summed E-state index contributed by atoms with van der Waals surface area (Å²) >= 11 is 0. The van der Waals surface area contributed by atoms with E-state index in [0.717, 1.165) is 19.2 Å². The average molecular weight is 306 g/mol. The molecule has 0 spiro atoms. The van der Waals surface area contributed by atoms with Crippen molar-refractivity contribution in [3.05, 3.63) is 53.1 Å². The maximum absolute atomic E-state index is 14.1. The standard InChI is InChI=1S/C16H12F2O4/c1-21-15-9(8-19)4-3-5-11(15)12-6-10(16(20)22-2)7-13(17)14(12)18/h3-8H,1-2H3. The molecule has 2 aromatic carbocycles. The van der Waals surface area contributed by atoms with Gasteiger partial charge in [-0.25, -0.2) is 13.6 Å². The van der Waals surface area contributed by atoms with E-state index in [-0.39, 0.29) is 28.0 Å². The highest BCUT2D eigenvalue weighted by molar-refractivity contribution is 5.92. The van der Waals surface area contributed by atoms with Crippen molar-refractivity contribution in [2.24, 2.45) is 0 Å². The molecular formula is C16H12F2O4. The quantitative estimate of drug-likeness (QED) is 0.643. The second kappa shape index (κ2) is 6.34. The van der Waals surface area contributed by atoms with E-state index in [1.807, 2.05) is 0 Å². The molecule has 0 bridgehead atoms. The Morgan fingerprint density at radius 3 is 2.45 bits per heavy atom. The molecule has 22 heavy (non-hydrogen) atoms. The van der Waals surface area contributed by atoms with Gasteiger partial charge in [-0.3, -0.25) is 4.79 Å². The van der Waals surface area contributed by atoms with Gasteiger partial charge < -0.3 is 9.47 Å². The maximum Gasteiger partial charge on any atom is 0.337 e. The molecule has 0 aliphatic carbocycles. The second-order valence-corrected chi connectivity index (χ2v) is 4.36. The Balaban J connectivity index is 2.74. The summed E-state index contributed by atoms with van der Waals surface area (Å²) in [4.78, 5) is 22.6. The zero-order valence-electron chi connectivity index (χ0n) is 11.9. The van der Waals surface area contributed by atoms with Crippen LogP contribution in [0.1, 0.15) is 20.7 Å². The molecule has 0 fully saturated rings. The van der Waals surface area contributed by atoms with Crippen LogP contribution in [0.5, 0.6) is 5.75 Å². The van der Waals surface area contributed by atoms with Gasteiger partial charge in [-0.05, 0) is 18.2 Å². The average Bonchev–Trinajstić information content (AvgIpc) is 2.55. The van der Waals surface area contributed by atoms with E-state index < -0.39 is 17.6 Å². The lowest BCUT2D eigenvalue weighted by molar-refractivity contribution is 0.0600. The molecule has 0 radical (unpaired) electrons. The van der Waals surface area contributed by atoms with Crippen LogP contribution in [0, 0.1) is 11.6 Å². The van der Waals surface area contributed by atoms with Crippen LogP contribution in [-0.4, -0.2) is 26.5 Å². The highest BCUT2D eigenvalue weighted by atomic mass is 19.2. The van der Waals surface area contributed by atoms with Gasteiger partial charge in [0, 0.05) is 11.1 Å². The van der Waals surface area contributed by atoms with E-state index in [1.165, 1.54) is 25.3 Å². The number of carbonyl (C=O) groups is 2. The number of aldehydes is 1. The Bertz CT molecular complexity index is 741. The molecule has 0 saturated heterocycles. The van der Waals surface area contributed by atoms with E-state index in [2.05, 4.69) is 4.74 Å². The molecule has 0 aliphatic heterocycles. The molecule has 0 amide bonds. The van der Waals surface area contributed by atoms with Crippen LogP contribution >= 0.6 is 0 Å². The van der Waals surface area contributed by atoms with Crippen molar-refractivity contribution in [3.8, 4) is 16.9 Å². The highest BCUT2D eigenvalue weighted by Crippen LogP contribution is 2.35. The lowest BCUT2D eigenvalue weighted by Gasteiger charge is -2.13. The number of benzene rings is 2. The largest absolute Gasteiger partial charge is 0.495 e. The number of methoxy groups -OCH3 is 2. The Labute approximate surface area is 125 Å². The lowest BCUT2D eigenvalue weighted by Crippen LogP contribution is -2.04. The van der Waals surface area contributed by atoms with Crippen LogP contribution < -0.4 is 4.74 Å². The third-order valence-corrected chi connectivity index (χ3v) is 3.12. The van der Waals surface area contributed by atoms with E-state index in [0.29, 0.717) is 6.29 Å². The minimum Gasteiger partial charge on any atom is -0.495 e. The number of ether oxygens (including phenoxy) is 2. The third kappa shape index (κ3) is 2.67. The molecule has 6 heteroatoms. The van der Waals surface area contributed by atoms with E-state index in [9.17, 15) is 18.4 Å². The van der Waals surface area contributed by atoms with Crippen molar-refractivity contribution >= 4 is 12.3 Å². The Morgan fingerprint density at radius 1 is 1.14 bits per heavy atom. The number of halogens is 2. The van der Waals surface area contributed by atoms with Crippen molar-refractivity contribution in [3.63, 3.8) is 0 Å². The number of esters is 1. The Hall–Kier alpha value is -2.76. The lowest BCUT2D eigenvalue weighted by atomic mass is 9.99. The van der Waals surface area contributed by atoms with Crippen LogP contribution in [0.3, 0.4) is 0 Å². The Morgan fingerprint density at radius 2 is 1.86 bits per heavy atom. The number of hydrogen-bond donors (Lipinski definition) is 0. The molecule has 0 saturated carbocycles. The first-order valence-corrected chi connectivity index (χ1v) is 6.23. The molecule has 0 aliphatic rings. The fourth-order valence-electron chi connectivity index (χ4n) is 2.11. The van der Waals surface area contributed by atoms with Gasteiger partial charge >= 0.3 is 5.97 Å². The third-order valence-electron chi connectivity index (χ3n) is 3.12. The van der Waals surface area contributed by atoms with Crippen molar-refractivity contribution in [1.82, 2.24) is 0 Å². The zero-order chi connectivity index (χ0) is 16.3. The summed E-state index contributed by atoms with van der Waals surface area (Å²) in [6.07, 6.45) is 0.542. The summed E-state index contributed by atoms with van der Waals surface area (Å²) in [5, 5.41) is 0. The molecule has 2 aromatic rings. The van der Waals surface area contributed by atoms with Crippen LogP contribution in [0.25, 0.3) is 11.1 Å². The van der Waals surface area contributed by atoms with Gasteiger partial charge in [-0.15, -0.1) is 0 Å². The van der Waals surface area contributed by atoms with Crippen LogP contribution in [-0.2, 0) is 4.74 Å². The SMILES string of the molecule is COC(=O)c1cc(F)c(F)c(-c2cccc(C=O)c2OC)c1. The number of hydrogen-bond acceptors (Lipinski definition) is 4. The minimum atomic E-state index is -1.20. The number of para-hydroxylation sites is 1. The van der Waals surface area contributed by atoms with Crippen molar-refractivity contribution in [1.29, 1.82) is 0 Å². The summed E-state index contributed by atoms with van der Waals surface area (Å²) in [5.74, 6) is -3.05. The molecule has 114 valence electrons. The molecule has 0 N–H and O–H groups in total. The monoisotopic (exact) mass is 306 g/mol. The first-order chi connectivity index (χ1) is 10.5. The molecule has 0 unspecified atom stereocenters.